The van der Waals surface area contributed by atoms with Crippen LogP contribution in [-0.2, 0) is 0 Å². The Hall–Kier alpha value is -0.760. The van der Waals surface area contributed by atoms with Crippen molar-refractivity contribution in [3.8, 4) is 0 Å². The molecular weight excluding hydrogens is 196 g/mol. The summed E-state index contributed by atoms with van der Waals surface area (Å²) in [6.45, 7) is 5.72. The highest BCUT2D eigenvalue weighted by molar-refractivity contribution is 5.24. The van der Waals surface area contributed by atoms with E-state index < -0.39 is 0 Å². The van der Waals surface area contributed by atoms with Gasteiger partial charge in [0.2, 0.25) is 0 Å². The zero-order chi connectivity index (χ0) is 11.2. The Bertz CT molecular complexity index is 372. The quantitative estimate of drug-likeness (QED) is 0.806. The summed E-state index contributed by atoms with van der Waals surface area (Å²) in [5.41, 5.74) is 2.12. The molecule has 0 unspecified atom stereocenters. The van der Waals surface area contributed by atoms with E-state index in [0.29, 0.717) is 17.5 Å². The van der Waals surface area contributed by atoms with E-state index >= 15 is 0 Å². The smallest absolute Gasteiger partial charge is 0.0404 e. The largest absolute Gasteiger partial charge is 0.351 e. The highest BCUT2D eigenvalue weighted by atomic mass is 15.1. The zero-order valence-electron chi connectivity index (χ0n) is 10.4. The van der Waals surface area contributed by atoms with Gasteiger partial charge in [-0.3, -0.25) is 0 Å². The van der Waals surface area contributed by atoms with E-state index in [2.05, 4.69) is 42.2 Å². The van der Waals surface area contributed by atoms with Gasteiger partial charge in [0.25, 0.3) is 0 Å². The molecule has 1 spiro atoms. The summed E-state index contributed by atoms with van der Waals surface area (Å²) in [6.07, 6.45) is 10.3. The first kappa shape index (κ1) is 10.4. The first-order valence-electron chi connectivity index (χ1n) is 6.62. The van der Waals surface area contributed by atoms with Crippen molar-refractivity contribution in [2.24, 2.45) is 5.41 Å². The van der Waals surface area contributed by atoms with Crippen molar-refractivity contribution < 1.29 is 0 Å². The molecule has 1 aliphatic carbocycles. The molecular formula is C14H22N2. The van der Waals surface area contributed by atoms with E-state index in [4.69, 9.17) is 0 Å². The molecule has 0 radical (unpaired) electrons. The molecule has 2 heteroatoms. The Kier molecular flexibility index (Phi) is 2.36. The fourth-order valence-electron chi connectivity index (χ4n) is 3.43. The molecule has 1 saturated carbocycles. The van der Waals surface area contributed by atoms with E-state index in [-0.39, 0.29) is 0 Å². The van der Waals surface area contributed by atoms with Crippen molar-refractivity contribution in [1.29, 1.82) is 0 Å². The lowest BCUT2D eigenvalue weighted by Gasteiger charge is -2.48. The Morgan fingerprint density at radius 1 is 1.38 bits per heavy atom. The van der Waals surface area contributed by atoms with E-state index in [1.165, 1.54) is 37.8 Å². The van der Waals surface area contributed by atoms with Gasteiger partial charge in [0.15, 0.2) is 0 Å². The van der Waals surface area contributed by atoms with Gasteiger partial charge in [-0.2, -0.15) is 0 Å². The summed E-state index contributed by atoms with van der Waals surface area (Å²) in [5.74, 6) is 0. The molecule has 0 amide bonds. The molecule has 1 atom stereocenters. The number of aromatic nitrogens is 1. The average molecular weight is 218 g/mol. The van der Waals surface area contributed by atoms with Crippen LogP contribution in [0.3, 0.4) is 0 Å². The topological polar surface area (TPSA) is 17.0 Å². The molecule has 1 saturated heterocycles. The highest BCUT2D eigenvalue weighted by Crippen LogP contribution is 2.52. The van der Waals surface area contributed by atoms with Crippen LogP contribution in [0, 0.1) is 5.41 Å². The van der Waals surface area contributed by atoms with E-state index in [9.17, 15) is 0 Å². The first-order chi connectivity index (χ1) is 7.71. The van der Waals surface area contributed by atoms with Crippen molar-refractivity contribution in [2.45, 2.75) is 51.6 Å². The van der Waals surface area contributed by atoms with Crippen LogP contribution in [0.4, 0.5) is 0 Å². The Labute approximate surface area is 98.0 Å². The minimum atomic E-state index is 0.577. The van der Waals surface area contributed by atoms with Crippen LogP contribution in [-0.4, -0.2) is 11.1 Å². The van der Waals surface area contributed by atoms with Gasteiger partial charge in [-0.25, -0.2) is 0 Å². The number of rotatable bonds is 2. The van der Waals surface area contributed by atoms with Crippen LogP contribution >= 0.6 is 0 Å². The summed E-state index contributed by atoms with van der Waals surface area (Å²) in [7, 11) is 0. The van der Waals surface area contributed by atoms with Gasteiger partial charge in [-0.1, -0.05) is 12.8 Å². The first-order valence-corrected chi connectivity index (χ1v) is 6.62. The molecule has 2 nitrogen and oxygen atoms in total. The third-order valence-corrected chi connectivity index (χ3v) is 4.54. The molecule has 0 aromatic carbocycles. The molecule has 0 bridgehead atoms. The fourth-order valence-corrected chi connectivity index (χ4v) is 3.43. The van der Waals surface area contributed by atoms with Crippen LogP contribution in [0.2, 0.25) is 0 Å². The summed E-state index contributed by atoms with van der Waals surface area (Å²) in [6, 6.07) is 3.51. The van der Waals surface area contributed by atoms with E-state index in [1.54, 1.807) is 0 Å². The van der Waals surface area contributed by atoms with Gasteiger partial charge >= 0.3 is 0 Å². The van der Waals surface area contributed by atoms with Gasteiger partial charge < -0.3 is 9.88 Å². The van der Waals surface area contributed by atoms with Crippen molar-refractivity contribution in [2.75, 3.05) is 6.54 Å². The number of hydrogen-bond donors (Lipinski definition) is 1. The molecule has 2 aliphatic rings. The maximum Gasteiger partial charge on any atom is 0.0404 e. The minimum Gasteiger partial charge on any atom is -0.351 e. The lowest BCUT2D eigenvalue weighted by molar-refractivity contribution is 0.0894. The van der Waals surface area contributed by atoms with Gasteiger partial charge in [-0.15, -0.1) is 0 Å². The molecule has 2 fully saturated rings. The van der Waals surface area contributed by atoms with Gasteiger partial charge in [-0.05, 0) is 38.3 Å². The molecule has 1 aromatic heterocycles. The summed E-state index contributed by atoms with van der Waals surface area (Å²) >= 11 is 0. The minimum absolute atomic E-state index is 0.577. The Balaban J connectivity index is 1.81. The lowest BCUT2D eigenvalue weighted by atomic mass is 9.70. The zero-order valence-corrected chi connectivity index (χ0v) is 10.4. The van der Waals surface area contributed by atoms with Crippen molar-refractivity contribution in [1.82, 2.24) is 9.88 Å². The monoisotopic (exact) mass is 218 g/mol. The molecule has 3 rings (SSSR count). The van der Waals surface area contributed by atoms with Crippen molar-refractivity contribution in [3.05, 3.63) is 24.0 Å². The standard InChI is InChI=1S/C14H22N2/c1-11(2)16-8-5-12(9-16)13-14(10-15-13)6-3-4-7-14/h5,8-9,11,13,15H,3-4,6-7,10H2,1-2H3/t13-/m0/s1. The predicted octanol–water partition coefficient (Wildman–Crippen LogP) is 3.27. The molecule has 1 N–H and O–H groups in total. The second kappa shape index (κ2) is 3.63. The van der Waals surface area contributed by atoms with E-state index in [1.807, 2.05) is 0 Å². The summed E-state index contributed by atoms with van der Waals surface area (Å²) in [4.78, 5) is 0. The molecule has 1 aromatic rings. The maximum atomic E-state index is 3.63. The van der Waals surface area contributed by atoms with Gasteiger partial charge in [0.05, 0.1) is 0 Å². The fraction of sp³-hybridized carbons (Fsp3) is 0.714. The van der Waals surface area contributed by atoms with Crippen LogP contribution in [0.1, 0.15) is 57.2 Å². The van der Waals surface area contributed by atoms with Crippen LogP contribution in [0.5, 0.6) is 0 Å². The Morgan fingerprint density at radius 3 is 2.62 bits per heavy atom. The predicted molar refractivity (Wildman–Crippen MR) is 66.5 cm³/mol. The average Bonchev–Trinajstić information content (AvgIpc) is 2.85. The third-order valence-electron chi connectivity index (χ3n) is 4.54. The normalized spacial score (nSPS) is 27.6. The van der Waals surface area contributed by atoms with Crippen LogP contribution in [0.25, 0.3) is 0 Å². The maximum absolute atomic E-state index is 3.63. The van der Waals surface area contributed by atoms with Crippen LogP contribution < -0.4 is 5.32 Å². The second-order valence-electron chi connectivity index (χ2n) is 5.87. The number of nitrogens with one attached hydrogen (secondary N) is 1. The van der Waals surface area contributed by atoms with Gasteiger partial charge in [0.1, 0.15) is 0 Å². The molecule has 16 heavy (non-hydrogen) atoms. The SMILES string of the molecule is CC(C)n1ccc([C@@H]2NCC23CCCC3)c1. The van der Waals surface area contributed by atoms with Crippen molar-refractivity contribution in [3.63, 3.8) is 0 Å². The third kappa shape index (κ3) is 1.43. The van der Waals surface area contributed by atoms with Crippen LogP contribution in [0.15, 0.2) is 18.5 Å². The summed E-state index contributed by atoms with van der Waals surface area (Å²) in [5, 5.41) is 3.63. The molecule has 88 valence electrons. The molecule has 2 heterocycles. The van der Waals surface area contributed by atoms with Crippen molar-refractivity contribution >= 4 is 0 Å². The lowest BCUT2D eigenvalue weighted by Crippen LogP contribution is -2.54. The number of nitrogens with zero attached hydrogens (tertiary/aromatic N) is 1. The van der Waals surface area contributed by atoms with Gasteiger partial charge in [0, 0.05) is 36.4 Å². The Morgan fingerprint density at radius 2 is 2.12 bits per heavy atom. The summed E-state index contributed by atoms with van der Waals surface area (Å²) < 4.78 is 2.32. The number of hydrogen-bond acceptors (Lipinski definition) is 1. The highest BCUT2D eigenvalue weighted by Gasteiger charge is 2.48. The second-order valence-corrected chi connectivity index (χ2v) is 5.87. The molecule has 1 aliphatic heterocycles. The van der Waals surface area contributed by atoms with E-state index in [0.717, 1.165) is 0 Å².